The summed E-state index contributed by atoms with van der Waals surface area (Å²) in [6.45, 7) is 4.17. The van der Waals surface area contributed by atoms with Crippen molar-refractivity contribution >= 4 is 27.4 Å². The van der Waals surface area contributed by atoms with Crippen molar-refractivity contribution in [3.05, 3.63) is 53.6 Å². The molecule has 0 aromatic heterocycles. The highest BCUT2D eigenvalue weighted by Crippen LogP contribution is 2.26. The Morgan fingerprint density at radius 1 is 1.11 bits per heavy atom. The van der Waals surface area contributed by atoms with Crippen molar-refractivity contribution in [2.24, 2.45) is 0 Å². The molecule has 2 aromatic rings. The van der Waals surface area contributed by atoms with Crippen molar-refractivity contribution < 1.29 is 22.7 Å². The van der Waals surface area contributed by atoms with Crippen LogP contribution in [0.25, 0.3) is 0 Å². The second-order valence-electron chi connectivity index (χ2n) is 6.17. The lowest BCUT2D eigenvalue weighted by molar-refractivity contribution is 0.0600. The molecule has 0 aliphatic heterocycles. The number of anilines is 2. The largest absolute Gasteiger partial charge is 0.465 e. The van der Waals surface area contributed by atoms with Gasteiger partial charge in [0.1, 0.15) is 4.90 Å². The van der Waals surface area contributed by atoms with Crippen LogP contribution in [0.5, 0.6) is 0 Å². The highest BCUT2D eigenvalue weighted by atomic mass is 32.2. The lowest BCUT2D eigenvalue weighted by Gasteiger charge is -2.19. The number of ether oxygens (including phenoxy) is 2. The molecule has 0 amide bonds. The molecule has 8 heteroatoms. The first-order valence-corrected chi connectivity index (χ1v) is 9.82. The maximum Gasteiger partial charge on any atom is 0.337 e. The van der Waals surface area contributed by atoms with E-state index in [2.05, 4.69) is 10.0 Å². The van der Waals surface area contributed by atoms with Crippen LogP contribution in [0.2, 0.25) is 0 Å². The summed E-state index contributed by atoms with van der Waals surface area (Å²) in [7, 11) is -1.13. The predicted octanol–water partition coefficient (Wildman–Crippen LogP) is 3.03. The highest BCUT2D eigenvalue weighted by Gasteiger charge is 2.22. The van der Waals surface area contributed by atoms with Gasteiger partial charge in [0.2, 0.25) is 0 Å². The van der Waals surface area contributed by atoms with Crippen LogP contribution < -0.4 is 10.0 Å². The van der Waals surface area contributed by atoms with Gasteiger partial charge >= 0.3 is 5.97 Å². The summed E-state index contributed by atoms with van der Waals surface area (Å²) in [4.78, 5) is 11.8. The van der Waals surface area contributed by atoms with Crippen LogP contribution in [-0.2, 0) is 19.5 Å². The van der Waals surface area contributed by atoms with E-state index in [-0.39, 0.29) is 16.5 Å². The molecule has 0 radical (unpaired) electrons. The van der Waals surface area contributed by atoms with Gasteiger partial charge < -0.3 is 14.8 Å². The molecule has 0 saturated heterocycles. The van der Waals surface area contributed by atoms with Crippen LogP contribution in [0.4, 0.5) is 11.4 Å². The van der Waals surface area contributed by atoms with Gasteiger partial charge in [0.25, 0.3) is 10.0 Å². The minimum Gasteiger partial charge on any atom is -0.465 e. The zero-order valence-electron chi connectivity index (χ0n) is 15.8. The fourth-order valence-corrected chi connectivity index (χ4v) is 3.75. The molecule has 2 N–H and O–H groups in total. The molecule has 2 aromatic carbocycles. The highest BCUT2D eigenvalue weighted by molar-refractivity contribution is 7.92. The Morgan fingerprint density at radius 3 is 2.37 bits per heavy atom. The summed E-state index contributed by atoms with van der Waals surface area (Å²) >= 11 is 0. The first kappa shape index (κ1) is 20.7. The normalized spacial score (nSPS) is 12.3. The van der Waals surface area contributed by atoms with Crippen molar-refractivity contribution in [1.29, 1.82) is 0 Å². The topological polar surface area (TPSA) is 93.7 Å². The maximum atomic E-state index is 13.0. The van der Waals surface area contributed by atoms with Gasteiger partial charge in [-0.1, -0.05) is 17.7 Å². The summed E-state index contributed by atoms with van der Waals surface area (Å²) in [5.41, 5.74) is 1.96. The van der Waals surface area contributed by atoms with Gasteiger partial charge in [-0.05, 0) is 44.2 Å². The maximum absolute atomic E-state index is 13.0. The Morgan fingerprint density at radius 2 is 1.78 bits per heavy atom. The minimum atomic E-state index is -3.94. The lowest BCUT2D eigenvalue weighted by atomic mass is 10.2. The third-order valence-corrected chi connectivity index (χ3v) is 5.24. The second kappa shape index (κ2) is 8.88. The van der Waals surface area contributed by atoms with Gasteiger partial charge in [-0.25, -0.2) is 13.2 Å². The molecule has 146 valence electrons. The molecule has 27 heavy (non-hydrogen) atoms. The number of nitrogens with one attached hydrogen (secondary N) is 2. The van der Waals surface area contributed by atoms with Crippen molar-refractivity contribution in [2.75, 3.05) is 30.9 Å². The van der Waals surface area contributed by atoms with E-state index < -0.39 is 16.0 Å². The number of methoxy groups -OCH3 is 2. The molecule has 0 heterocycles. The van der Waals surface area contributed by atoms with E-state index in [1.165, 1.54) is 19.2 Å². The van der Waals surface area contributed by atoms with Crippen LogP contribution in [0.15, 0.2) is 47.4 Å². The van der Waals surface area contributed by atoms with E-state index in [4.69, 9.17) is 9.47 Å². The van der Waals surface area contributed by atoms with Gasteiger partial charge in [0, 0.05) is 18.8 Å². The number of carbonyl (C=O) groups is 1. The number of hydrogen-bond donors (Lipinski definition) is 2. The SMILES string of the molecule is COC[C@H](C)Nc1ccc(C(=O)OC)cc1S(=O)(=O)Nc1ccc(C)cc1. The van der Waals surface area contributed by atoms with E-state index in [0.29, 0.717) is 18.0 Å². The number of benzene rings is 2. The zero-order valence-corrected chi connectivity index (χ0v) is 16.6. The average Bonchev–Trinajstić information content (AvgIpc) is 2.63. The first-order valence-electron chi connectivity index (χ1n) is 8.34. The van der Waals surface area contributed by atoms with Crippen molar-refractivity contribution in [2.45, 2.75) is 24.8 Å². The molecule has 7 nitrogen and oxygen atoms in total. The standard InChI is InChI=1S/C19H24N2O5S/c1-13-5-8-16(9-6-13)21-27(23,24)18-11-15(19(22)26-4)7-10-17(18)20-14(2)12-25-3/h5-11,14,20-21H,12H2,1-4H3/t14-/m0/s1. The fourth-order valence-electron chi connectivity index (χ4n) is 2.50. The van der Waals surface area contributed by atoms with E-state index in [1.807, 2.05) is 26.0 Å². The van der Waals surface area contributed by atoms with Crippen LogP contribution in [-0.4, -0.2) is 41.3 Å². The summed E-state index contributed by atoms with van der Waals surface area (Å²) in [6.07, 6.45) is 0. The number of aryl methyl sites for hydroxylation is 1. The molecule has 0 spiro atoms. The molecule has 0 saturated carbocycles. The Labute approximate surface area is 159 Å². The van der Waals surface area contributed by atoms with Gasteiger partial charge in [-0.3, -0.25) is 4.72 Å². The van der Waals surface area contributed by atoms with Crippen LogP contribution in [0.3, 0.4) is 0 Å². The Hall–Kier alpha value is -2.58. The van der Waals surface area contributed by atoms with Crippen LogP contribution >= 0.6 is 0 Å². The van der Waals surface area contributed by atoms with E-state index in [1.54, 1.807) is 25.3 Å². The summed E-state index contributed by atoms with van der Waals surface area (Å²) < 4.78 is 38.3. The molecule has 0 fully saturated rings. The Kier molecular flexibility index (Phi) is 6.81. The lowest BCUT2D eigenvalue weighted by Crippen LogP contribution is -2.23. The molecule has 0 aliphatic carbocycles. The molecular weight excluding hydrogens is 368 g/mol. The third kappa shape index (κ3) is 5.45. The average molecular weight is 392 g/mol. The predicted molar refractivity (Wildman–Crippen MR) is 105 cm³/mol. The second-order valence-corrected chi connectivity index (χ2v) is 7.83. The number of carbonyl (C=O) groups excluding carboxylic acids is 1. The number of esters is 1. The quantitative estimate of drug-likeness (QED) is 0.671. The van der Waals surface area contributed by atoms with Gasteiger partial charge in [-0.15, -0.1) is 0 Å². The van der Waals surface area contributed by atoms with E-state index >= 15 is 0 Å². The zero-order chi connectivity index (χ0) is 20.0. The van der Waals surface area contributed by atoms with Gasteiger partial charge in [0.15, 0.2) is 0 Å². The van der Waals surface area contributed by atoms with Gasteiger partial charge in [-0.2, -0.15) is 0 Å². The molecular formula is C19H24N2O5S. The minimum absolute atomic E-state index is 0.0473. The third-order valence-electron chi connectivity index (χ3n) is 3.81. The summed E-state index contributed by atoms with van der Waals surface area (Å²) in [5.74, 6) is -0.613. The fraction of sp³-hybridized carbons (Fsp3) is 0.316. The number of rotatable bonds is 8. The van der Waals surface area contributed by atoms with Crippen molar-refractivity contribution in [3.63, 3.8) is 0 Å². The molecule has 2 rings (SSSR count). The van der Waals surface area contributed by atoms with Crippen LogP contribution in [0, 0.1) is 6.92 Å². The molecule has 0 unspecified atom stereocenters. The van der Waals surface area contributed by atoms with Crippen molar-refractivity contribution in [1.82, 2.24) is 0 Å². The molecule has 1 atom stereocenters. The molecule has 0 aliphatic rings. The Balaban J connectivity index is 2.45. The van der Waals surface area contributed by atoms with Gasteiger partial charge in [0.05, 0.1) is 25.0 Å². The number of sulfonamides is 1. The first-order chi connectivity index (χ1) is 12.8. The van der Waals surface area contributed by atoms with E-state index in [9.17, 15) is 13.2 Å². The van der Waals surface area contributed by atoms with Crippen molar-refractivity contribution in [3.8, 4) is 0 Å². The monoisotopic (exact) mass is 392 g/mol. The number of hydrogen-bond acceptors (Lipinski definition) is 6. The summed E-state index contributed by atoms with van der Waals surface area (Å²) in [5, 5.41) is 3.10. The summed E-state index contributed by atoms with van der Waals surface area (Å²) in [6, 6.07) is 11.2. The smallest absolute Gasteiger partial charge is 0.337 e. The van der Waals surface area contributed by atoms with E-state index in [0.717, 1.165) is 5.56 Å². The van der Waals surface area contributed by atoms with Crippen LogP contribution in [0.1, 0.15) is 22.8 Å². The molecule has 0 bridgehead atoms. The Bertz CT molecular complexity index is 895.